The van der Waals surface area contributed by atoms with Gasteiger partial charge in [-0.15, -0.1) is 0 Å². The monoisotopic (exact) mass is 250 g/mol. The molecular formula is C14H22N2O2. The summed E-state index contributed by atoms with van der Waals surface area (Å²) in [5.74, 6) is 1.51. The van der Waals surface area contributed by atoms with Crippen LogP contribution in [0.25, 0.3) is 0 Å². The van der Waals surface area contributed by atoms with Crippen molar-refractivity contribution in [1.82, 2.24) is 0 Å². The molecule has 0 heterocycles. The Labute approximate surface area is 109 Å². The number of hydrogen-bond acceptors (Lipinski definition) is 3. The topological polar surface area (TPSA) is 68.3 Å². The predicted molar refractivity (Wildman–Crippen MR) is 73.2 cm³/mol. The maximum absolute atomic E-state index is 7.27. The van der Waals surface area contributed by atoms with Crippen LogP contribution in [-0.2, 0) is 4.74 Å². The van der Waals surface area contributed by atoms with Crippen LogP contribution in [0.3, 0.4) is 0 Å². The minimum atomic E-state index is 0.0681. The van der Waals surface area contributed by atoms with Gasteiger partial charge in [0.25, 0.3) is 0 Å². The molecule has 1 aromatic rings. The lowest BCUT2D eigenvalue weighted by atomic mass is 10.1. The number of rotatable bonds is 8. The SMILES string of the molecule is CC(C)CCOCCOc1ccc(C(=N)N)cc1. The van der Waals surface area contributed by atoms with E-state index in [-0.39, 0.29) is 5.84 Å². The first kappa shape index (κ1) is 14.5. The number of nitrogens with one attached hydrogen (secondary N) is 1. The van der Waals surface area contributed by atoms with Gasteiger partial charge < -0.3 is 15.2 Å². The molecule has 0 radical (unpaired) electrons. The Bertz CT molecular complexity index is 361. The second-order valence-electron chi connectivity index (χ2n) is 4.58. The molecule has 0 aliphatic carbocycles. The van der Waals surface area contributed by atoms with E-state index in [4.69, 9.17) is 20.6 Å². The standard InChI is InChI=1S/C14H22N2O2/c1-11(2)7-8-17-9-10-18-13-5-3-12(4-6-13)14(15)16/h3-6,11H,7-10H2,1-2H3,(H3,15,16). The van der Waals surface area contributed by atoms with E-state index in [1.54, 1.807) is 12.1 Å². The number of ether oxygens (including phenoxy) is 2. The van der Waals surface area contributed by atoms with E-state index in [0.717, 1.165) is 18.8 Å². The van der Waals surface area contributed by atoms with E-state index in [0.29, 0.717) is 24.7 Å². The first-order chi connectivity index (χ1) is 8.59. The van der Waals surface area contributed by atoms with E-state index >= 15 is 0 Å². The fourth-order valence-corrected chi connectivity index (χ4v) is 1.37. The van der Waals surface area contributed by atoms with Gasteiger partial charge in [-0.25, -0.2) is 0 Å². The molecule has 0 unspecified atom stereocenters. The Morgan fingerprint density at radius 2 is 1.83 bits per heavy atom. The highest BCUT2D eigenvalue weighted by atomic mass is 16.5. The van der Waals surface area contributed by atoms with Gasteiger partial charge in [0.15, 0.2) is 0 Å². The quantitative estimate of drug-likeness (QED) is 0.423. The molecule has 0 aliphatic heterocycles. The van der Waals surface area contributed by atoms with Crippen LogP contribution < -0.4 is 10.5 Å². The molecule has 0 saturated carbocycles. The second kappa shape index (κ2) is 7.71. The summed E-state index contributed by atoms with van der Waals surface area (Å²) in [4.78, 5) is 0. The van der Waals surface area contributed by atoms with Gasteiger partial charge in [-0.3, -0.25) is 5.41 Å². The summed E-state index contributed by atoms with van der Waals surface area (Å²) < 4.78 is 11.0. The summed E-state index contributed by atoms with van der Waals surface area (Å²) in [5.41, 5.74) is 6.07. The molecule has 1 rings (SSSR count). The highest BCUT2D eigenvalue weighted by Crippen LogP contribution is 2.11. The highest BCUT2D eigenvalue weighted by molar-refractivity contribution is 5.94. The number of benzene rings is 1. The lowest BCUT2D eigenvalue weighted by molar-refractivity contribution is 0.0926. The van der Waals surface area contributed by atoms with Gasteiger partial charge in [-0.2, -0.15) is 0 Å². The zero-order valence-electron chi connectivity index (χ0n) is 11.1. The summed E-state index contributed by atoms with van der Waals surface area (Å²) >= 11 is 0. The molecule has 3 N–H and O–H groups in total. The number of amidine groups is 1. The molecule has 0 spiro atoms. The van der Waals surface area contributed by atoms with Crippen LogP contribution in [0.1, 0.15) is 25.8 Å². The van der Waals surface area contributed by atoms with Crippen molar-refractivity contribution in [2.45, 2.75) is 20.3 Å². The fraction of sp³-hybridized carbons (Fsp3) is 0.500. The zero-order chi connectivity index (χ0) is 13.4. The molecular weight excluding hydrogens is 228 g/mol. The van der Waals surface area contributed by atoms with Crippen LogP contribution in [0.5, 0.6) is 5.75 Å². The van der Waals surface area contributed by atoms with Crippen LogP contribution in [-0.4, -0.2) is 25.7 Å². The third kappa shape index (κ3) is 5.68. The number of hydrogen-bond donors (Lipinski definition) is 2. The molecule has 0 aromatic heterocycles. The Morgan fingerprint density at radius 1 is 1.17 bits per heavy atom. The van der Waals surface area contributed by atoms with Crippen LogP contribution >= 0.6 is 0 Å². The summed E-state index contributed by atoms with van der Waals surface area (Å²) in [6.45, 7) is 6.27. The third-order valence-corrected chi connectivity index (χ3v) is 2.50. The zero-order valence-corrected chi connectivity index (χ0v) is 11.1. The first-order valence-electron chi connectivity index (χ1n) is 6.24. The van der Waals surface area contributed by atoms with Gasteiger partial charge in [-0.05, 0) is 36.6 Å². The maximum Gasteiger partial charge on any atom is 0.122 e. The van der Waals surface area contributed by atoms with E-state index < -0.39 is 0 Å². The van der Waals surface area contributed by atoms with Gasteiger partial charge in [0.05, 0.1) is 6.61 Å². The average molecular weight is 250 g/mol. The van der Waals surface area contributed by atoms with Gasteiger partial charge in [0.1, 0.15) is 18.2 Å². The van der Waals surface area contributed by atoms with E-state index in [9.17, 15) is 0 Å². The van der Waals surface area contributed by atoms with Crippen molar-refractivity contribution in [3.8, 4) is 5.75 Å². The third-order valence-electron chi connectivity index (χ3n) is 2.50. The summed E-state index contributed by atoms with van der Waals surface area (Å²) in [5, 5.41) is 7.27. The molecule has 0 amide bonds. The maximum atomic E-state index is 7.27. The molecule has 4 nitrogen and oxygen atoms in total. The predicted octanol–water partition coefficient (Wildman–Crippen LogP) is 2.41. The Kier molecular flexibility index (Phi) is 6.22. The molecule has 0 bridgehead atoms. The van der Waals surface area contributed by atoms with Crippen molar-refractivity contribution in [2.24, 2.45) is 11.7 Å². The van der Waals surface area contributed by atoms with Crippen molar-refractivity contribution in [1.29, 1.82) is 5.41 Å². The normalized spacial score (nSPS) is 10.6. The van der Waals surface area contributed by atoms with Crippen LogP contribution in [0, 0.1) is 11.3 Å². The first-order valence-corrected chi connectivity index (χ1v) is 6.24. The van der Waals surface area contributed by atoms with Crippen molar-refractivity contribution in [3.05, 3.63) is 29.8 Å². The van der Waals surface area contributed by atoms with Crippen LogP contribution in [0.4, 0.5) is 0 Å². The minimum Gasteiger partial charge on any atom is -0.491 e. The van der Waals surface area contributed by atoms with Crippen LogP contribution in [0.2, 0.25) is 0 Å². The Morgan fingerprint density at radius 3 is 2.39 bits per heavy atom. The van der Waals surface area contributed by atoms with Gasteiger partial charge in [0.2, 0.25) is 0 Å². The lowest BCUT2D eigenvalue weighted by Crippen LogP contribution is -2.11. The minimum absolute atomic E-state index is 0.0681. The van der Waals surface area contributed by atoms with Gasteiger partial charge >= 0.3 is 0 Å². The van der Waals surface area contributed by atoms with Crippen molar-refractivity contribution < 1.29 is 9.47 Å². The molecule has 4 heteroatoms. The van der Waals surface area contributed by atoms with Crippen LogP contribution in [0.15, 0.2) is 24.3 Å². The highest BCUT2D eigenvalue weighted by Gasteiger charge is 1.98. The van der Waals surface area contributed by atoms with E-state index in [1.165, 1.54) is 0 Å². The summed E-state index contributed by atoms with van der Waals surface area (Å²) in [6.07, 6.45) is 1.08. The smallest absolute Gasteiger partial charge is 0.122 e. The van der Waals surface area contributed by atoms with Gasteiger partial charge in [-0.1, -0.05) is 13.8 Å². The van der Waals surface area contributed by atoms with Crippen molar-refractivity contribution >= 4 is 5.84 Å². The summed E-state index contributed by atoms with van der Waals surface area (Å²) in [7, 11) is 0. The molecule has 0 aliphatic rings. The number of nitrogens with two attached hydrogens (primary N) is 1. The lowest BCUT2D eigenvalue weighted by Gasteiger charge is -2.08. The molecule has 18 heavy (non-hydrogen) atoms. The molecule has 0 fully saturated rings. The van der Waals surface area contributed by atoms with Gasteiger partial charge in [0, 0.05) is 12.2 Å². The molecule has 1 aromatic carbocycles. The second-order valence-corrected chi connectivity index (χ2v) is 4.58. The largest absolute Gasteiger partial charge is 0.491 e. The molecule has 0 saturated heterocycles. The Hall–Kier alpha value is -1.55. The molecule has 0 atom stereocenters. The van der Waals surface area contributed by atoms with Crippen molar-refractivity contribution in [3.63, 3.8) is 0 Å². The van der Waals surface area contributed by atoms with E-state index in [1.807, 2.05) is 12.1 Å². The van der Waals surface area contributed by atoms with Crippen molar-refractivity contribution in [2.75, 3.05) is 19.8 Å². The average Bonchev–Trinajstić information content (AvgIpc) is 2.34. The number of nitrogen functional groups attached to an aromatic ring is 1. The fourth-order valence-electron chi connectivity index (χ4n) is 1.37. The Balaban J connectivity index is 2.17. The molecule has 100 valence electrons. The van der Waals surface area contributed by atoms with E-state index in [2.05, 4.69) is 13.8 Å². The summed E-state index contributed by atoms with van der Waals surface area (Å²) in [6, 6.07) is 7.17.